The minimum Gasteiger partial charge on any atom is -0.349 e. The molecule has 1 fully saturated rings. The second kappa shape index (κ2) is 9.47. The predicted octanol–water partition coefficient (Wildman–Crippen LogP) is 4.41. The number of nitrogens with zero attached hydrogens (tertiary/aromatic N) is 1. The summed E-state index contributed by atoms with van der Waals surface area (Å²) in [5.41, 5.74) is 1.51. The minimum atomic E-state index is -3.59. The predicted molar refractivity (Wildman–Crippen MR) is 116 cm³/mol. The van der Waals surface area contributed by atoms with E-state index >= 15 is 0 Å². The van der Waals surface area contributed by atoms with Gasteiger partial charge in [-0.15, -0.1) is 0 Å². The lowest BCUT2D eigenvalue weighted by atomic mass is 9.98. The first-order valence-electron chi connectivity index (χ1n) is 9.53. The number of amides is 1. The fourth-order valence-electron chi connectivity index (χ4n) is 3.49. The van der Waals surface area contributed by atoms with E-state index in [0.29, 0.717) is 35.0 Å². The highest BCUT2D eigenvalue weighted by molar-refractivity contribution is 7.88. The summed E-state index contributed by atoms with van der Waals surface area (Å²) in [5, 5.41) is 3.79. The van der Waals surface area contributed by atoms with Crippen LogP contribution in [0.5, 0.6) is 0 Å². The molecule has 0 spiro atoms. The van der Waals surface area contributed by atoms with Crippen molar-refractivity contribution in [3.8, 4) is 0 Å². The zero-order chi connectivity index (χ0) is 21.0. The number of carbonyl (C=O) groups is 1. The Morgan fingerprint density at radius 3 is 2.62 bits per heavy atom. The van der Waals surface area contributed by atoms with E-state index < -0.39 is 10.0 Å². The standard InChI is InChI=1S/C21H24Cl2N2O3S/c1-15(16-6-3-2-4-7-16)24-21(26)17-8-5-11-25(13-17)29(27,28)14-18-9-10-19(22)12-20(18)23/h2-4,6-7,9-10,12,15,17H,5,8,11,13-14H2,1H3,(H,24,26)/t15-,17?/m1/s1. The maximum absolute atomic E-state index is 12.9. The van der Waals surface area contributed by atoms with Crippen LogP contribution in [-0.2, 0) is 20.6 Å². The van der Waals surface area contributed by atoms with Crippen molar-refractivity contribution in [1.82, 2.24) is 9.62 Å². The van der Waals surface area contributed by atoms with Crippen LogP contribution in [0.4, 0.5) is 0 Å². The molecule has 0 bridgehead atoms. The molecule has 2 atom stereocenters. The number of piperidine rings is 1. The van der Waals surface area contributed by atoms with Crippen LogP contribution in [0.15, 0.2) is 48.5 Å². The lowest BCUT2D eigenvalue weighted by Crippen LogP contribution is -2.46. The van der Waals surface area contributed by atoms with Gasteiger partial charge in [0.2, 0.25) is 15.9 Å². The van der Waals surface area contributed by atoms with E-state index in [-0.39, 0.29) is 30.2 Å². The minimum absolute atomic E-state index is 0.120. The number of halogens is 2. The van der Waals surface area contributed by atoms with E-state index in [9.17, 15) is 13.2 Å². The summed E-state index contributed by atoms with van der Waals surface area (Å²) < 4.78 is 27.2. The number of benzene rings is 2. The summed E-state index contributed by atoms with van der Waals surface area (Å²) in [6, 6.07) is 14.3. The summed E-state index contributed by atoms with van der Waals surface area (Å²) in [4.78, 5) is 12.7. The highest BCUT2D eigenvalue weighted by Crippen LogP contribution is 2.26. The molecule has 156 valence electrons. The second-order valence-corrected chi connectivity index (χ2v) is 10.1. The maximum atomic E-state index is 12.9. The smallest absolute Gasteiger partial charge is 0.224 e. The third-order valence-electron chi connectivity index (χ3n) is 5.16. The zero-order valence-electron chi connectivity index (χ0n) is 16.1. The molecule has 29 heavy (non-hydrogen) atoms. The Morgan fingerprint density at radius 2 is 1.93 bits per heavy atom. The summed E-state index contributed by atoms with van der Waals surface area (Å²) in [6.45, 7) is 2.51. The Bertz CT molecular complexity index is 967. The van der Waals surface area contributed by atoms with E-state index in [4.69, 9.17) is 23.2 Å². The van der Waals surface area contributed by atoms with E-state index in [1.165, 1.54) is 10.4 Å². The third kappa shape index (κ3) is 5.72. The monoisotopic (exact) mass is 454 g/mol. The number of hydrogen-bond acceptors (Lipinski definition) is 3. The molecule has 8 heteroatoms. The van der Waals surface area contributed by atoms with Crippen LogP contribution in [-0.4, -0.2) is 31.7 Å². The van der Waals surface area contributed by atoms with Crippen LogP contribution in [0.1, 0.15) is 36.9 Å². The van der Waals surface area contributed by atoms with Crippen LogP contribution in [0.25, 0.3) is 0 Å². The van der Waals surface area contributed by atoms with Gasteiger partial charge in [0.1, 0.15) is 0 Å². The number of sulfonamides is 1. The van der Waals surface area contributed by atoms with Gasteiger partial charge in [-0.05, 0) is 43.0 Å². The number of rotatable bonds is 6. The van der Waals surface area contributed by atoms with Crippen LogP contribution in [0, 0.1) is 5.92 Å². The van der Waals surface area contributed by atoms with Gasteiger partial charge in [-0.25, -0.2) is 12.7 Å². The lowest BCUT2D eigenvalue weighted by Gasteiger charge is -2.32. The van der Waals surface area contributed by atoms with Gasteiger partial charge in [-0.3, -0.25) is 4.79 Å². The number of nitrogens with one attached hydrogen (secondary N) is 1. The van der Waals surface area contributed by atoms with Gasteiger partial charge < -0.3 is 5.32 Å². The molecule has 1 unspecified atom stereocenters. The van der Waals surface area contributed by atoms with Crippen molar-refractivity contribution in [3.05, 3.63) is 69.7 Å². The highest BCUT2D eigenvalue weighted by atomic mass is 35.5. The van der Waals surface area contributed by atoms with Gasteiger partial charge >= 0.3 is 0 Å². The lowest BCUT2D eigenvalue weighted by molar-refractivity contribution is -0.126. The van der Waals surface area contributed by atoms with Crippen molar-refractivity contribution >= 4 is 39.1 Å². The van der Waals surface area contributed by atoms with Gasteiger partial charge in [0.05, 0.1) is 17.7 Å². The largest absolute Gasteiger partial charge is 0.349 e. The van der Waals surface area contributed by atoms with Crippen molar-refractivity contribution in [3.63, 3.8) is 0 Å². The van der Waals surface area contributed by atoms with Crippen LogP contribution in [0.3, 0.4) is 0 Å². The van der Waals surface area contributed by atoms with Gasteiger partial charge in [-0.1, -0.05) is 59.6 Å². The molecule has 2 aromatic carbocycles. The molecule has 1 amide bonds. The van der Waals surface area contributed by atoms with Crippen molar-refractivity contribution in [1.29, 1.82) is 0 Å². The molecule has 0 aliphatic carbocycles. The first-order valence-corrected chi connectivity index (χ1v) is 11.9. The quantitative estimate of drug-likeness (QED) is 0.702. The third-order valence-corrected chi connectivity index (χ3v) is 7.54. The summed E-state index contributed by atoms with van der Waals surface area (Å²) >= 11 is 12.0. The van der Waals surface area contributed by atoms with Gasteiger partial charge in [0, 0.05) is 23.1 Å². The number of hydrogen-bond donors (Lipinski definition) is 1. The van der Waals surface area contributed by atoms with E-state index in [1.54, 1.807) is 12.1 Å². The average molecular weight is 455 g/mol. The first kappa shape index (κ1) is 22.1. The molecule has 2 aromatic rings. The molecular formula is C21H24Cl2N2O3S. The van der Waals surface area contributed by atoms with Crippen LogP contribution >= 0.6 is 23.2 Å². The fourth-order valence-corrected chi connectivity index (χ4v) is 5.69. The maximum Gasteiger partial charge on any atom is 0.224 e. The van der Waals surface area contributed by atoms with Crippen LogP contribution < -0.4 is 5.32 Å². The highest BCUT2D eigenvalue weighted by Gasteiger charge is 2.33. The molecule has 0 radical (unpaired) electrons. The van der Waals surface area contributed by atoms with Gasteiger partial charge in [-0.2, -0.15) is 0 Å². The van der Waals surface area contributed by atoms with E-state index in [2.05, 4.69) is 5.32 Å². The SMILES string of the molecule is C[C@@H](NC(=O)C1CCCN(S(=O)(=O)Cc2ccc(Cl)cc2Cl)C1)c1ccccc1. The first-order chi connectivity index (χ1) is 13.8. The second-order valence-electron chi connectivity index (χ2n) is 7.33. The molecule has 1 saturated heterocycles. The Labute approximate surface area is 182 Å². The Hall–Kier alpha value is -1.60. The van der Waals surface area contributed by atoms with Crippen LogP contribution in [0.2, 0.25) is 10.0 Å². The van der Waals surface area contributed by atoms with Crippen molar-refractivity contribution in [2.24, 2.45) is 5.92 Å². The average Bonchev–Trinajstić information content (AvgIpc) is 2.71. The molecule has 1 aliphatic rings. The molecule has 0 saturated carbocycles. The topological polar surface area (TPSA) is 66.5 Å². The normalized spacial score (nSPS) is 18.9. The summed E-state index contributed by atoms with van der Waals surface area (Å²) in [7, 11) is -3.59. The Morgan fingerprint density at radius 1 is 1.21 bits per heavy atom. The Balaban J connectivity index is 1.65. The summed E-state index contributed by atoms with van der Waals surface area (Å²) in [5.74, 6) is -0.700. The molecule has 1 aliphatic heterocycles. The fraction of sp³-hybridized carbons (Fsp3) is 0.381. The van der Waals surface area contributed by atoms with Crippen molar-refractivity contribution < 1.29 is 13.2 Å². The molecule has 5 nitrogen and oxygen atoms in total. The molecule has 3 rings (SSSR count). The molecule has 1 N–H and O–H groups in total. The van der Waals surface area contributed by atoms with E-state index in [1.807, 2.05) is 37.3 Å². The molecule has 1 heterocycles. The Kier molecular flexibility index (Phi) is 7.22. The molecule has 0 aromatic heterocycles. The summed E-state index contributed by atoms with van der Waals surface area (Å²) in [6.07, 6.45) is 1.31. The van der Waals surface area contributed by atoms with Crippen molar-refractivity contribution in [2.45, 2.75) is 31.6 Å². The van der Waals surface area contributed by atoms with Gasteiger partial charge in [0.25, 0.3) is 0 Å². The van der Waals surface area contributed by atoms with Gasteiger partial charge in [0.15, 0.2) is 0 Å². The van der Waals surface area contributed by atoms with Crippen molar-refractivity contribution in [2.75, 3.05) is 13.1 Å². The zero-order valence-corrected chi connectivity index (χ0v) is 18.5. The molecular weight excluding hydrogens is 431 g/mol. The van der Waals surface area contributed by atoms with E-state index in [0.717, 1.165) is 5.56 Å². The number of carbonyl (C=O) groups excluding carboxylic acids is 1.